The Morgan fingerprint density at radius 2 is 1.21 bits per heavy atom. The van der Waals surface area contributed by atoms with Crippen molar-refractivity contribution in [3.8, 4) is 0 Å². The highest BCUT2D eigenvalue weighted by molar-refractivity contribution is 5.93. The summed E-state index contributed by atoms with van der Waals surface area (Å²) in [5.41, 5.74) is 8.38. The first-order valence-electron chi connectivity index (χ1n) is 13.1. The van der Waals surface area contributed by atoms with Crippen LogP contribution in [-0.4, -0.2) is 9.13 Å². The van der Waals surface area contributed by atoms with E-state index in [-0.39, 0.29) is 5.41 Å². The summed E-state index contributed by atoms with van der Waals surface area (Å²) in [7, 11) is 0. The van der Waals surface area contributed by atoms with Crippen LogP contribution in [0, 0.1) is 13.8 Å². The number of allylic oxidation sites excluding steroid dienone is 4. The fourth-order valence-corrected chi connectivity index (χ4v) is 6.31. The summed E-state index contributed by atoms with van der Waals surface area (Å²) in [6.45, 7) is 11.4. The summed E-state index contributed by atoms with van der Waals surface area (Å²) in [4.78, 5) is 0. The van der Waals surface area contributed by atoms with Gasteiger partial charge in [0.25, 0.3) is 0 Å². The molecule has 0 saturated heterocycles. The monoisotopic (exact) mass is 450 g/mol. The molecule has 0 spiro atoms. The molecule has 2 aromatic heterocycles. The van der Waals surface area contributed by atoms with Gasteiger partial charge in [-0.2, -0.15) is 0 Å². The summed E-state index contributed by atoms with van der Waals surface area (Å²) in [6, 6.07) is 18.1. The number of para-hydroxylation sites is 2. The SMILES string of the molecule is CCCCn1c(C)c(C2(c3c(C)n(CCCC)c4ccccc34)C=CC=CC2)c2ccccc21. The number of unbranched alkanes of at least 4 members (excludes halogenated alkanes) is 2. The molecule has 0 fully saturated rings. The highest BCUT2D eigenvalue weighted by Crippen LogP contribution is 2.49. The van der Waals surface area contributed by atoms with Gasteiger partial charge < -0.3 is 9.13 Å². The van der Waals surface area contributed by atoms with Crippen molar-refractivity contribution in [3.63, 3.8) is 0 Å². The molecule has 2 heteroatoms. The molecular formula is C32H38N2. The second kappa shape index (κ2) is 9.33. The first-order chi connectivity index (χ1) is 16.6. The minimum absolute atomic E-state index is 0.170. The molecule has 4 aromatic rings. The lowest BCUT2D eigenvalue weighted by Crippen LogP contribution is -2.28. The number of hydrogen-bond donors (Lipinski definition) is 0. The molecule has 0 aliphatic heterocycles. The van der Waals surface area contributed by atoms with Crippen LogP contribution in [0.3, 0.4) is 0 Å². The number of fused-ring (bicyclic) bond motifs is 2. The van der Waals surface area contributed by atoms with E-state index in [1.807, 2.05) is 0 Å². The maximum absolute atomic E-state index is 2.58. The fraction of sp³-hybridized carbons (Fsp3) is 0.375. The van der Waals surface area contributed by atoms with Crippen LogP contribution in [-0.2, 0) is 18.5 Å². The zero-order valence-electron chi connectivity index (χ0n) is 21.3. The molecule has 0 radical (unpaired) electrons. The van der Waals surface area contributed by atoms with Crippen molar-refractivity contribution >= 4 is 21.8 Å². The number of benzene rings is 2. The van der Waals surface area contributed by atoms with Crippen LogP contribution in [0.1, 0.15) is 68.5 Å². The Balaban J connectivity index is 1.85. The molecule has 2 heterocycles. The summed E-state index contributed by atoms with van der Waals surface area (Å²) < 4.78 is 5.15. The molecular weight excluding hydrogens is 412 g/mol. The Bertz CT molecular complexity index is 1280. The predicted octanol–water partition coefficient (Wildman–Crippen LogP) is 8.62. The quantitative estimate of drug-likeness (QED) is 0.254. The largest absolute Gasteiger partial charge is 0.345 e. The molecule has 0 unspecified atom stereocenters. The van der Waals surface area contributed by atoms with E-state index in [1.165, 1.54) is 70.0 Å². The molecule has 2 nitrogen and oxygen atoms in total. The van der Waals surface area contributed by atoms with Gasteiger partial charge in [0.2, 0.25) is 0 Å². The van der Waals surface area contributed by atoms with Crippen molar-refractivity contribution < 1.29 is 0 Å². The Morgan fingerprint density at radius 3 is 1.65 bits per heavy atom. The van der Waals surface area contributed by atoms with Gasteiger partial charge in [-0.3, -0.25) is 0 Å². The third-order valence-corrected chi connectivity index (χ3v) is 7.89. The standard InChI is InChI=1S/C32H38N2/c1-5-7-22-33-24(3)30(26-16-10-12-18-28(26)33)32(20-14-9-15-21-32)31-25(4)34(23-8-6-2)29-19-13-11-17-27(29)31/h9-20H,5-8,21-23H2,1-4H3. The van der Waals surface area contributed by atoms with Crippen molar-refractivity contribution in [2.75, 3.05) is 0 Å². The zero-order valence-corrected chi connectivity index (χ0v) is 21.3. The topological polar surface area (TPSA) is 9.86 Å². The number of aromatic nitrogens is 2. The van der Waals surface area contributed by atoms with Crippen LogP contribution in [0.2, 0.25) is 0 Å². The van der Waals surface area contributed by atoms with Gasteiger partial charge >= 0.3 is 0 Å². The summed E-state index contributed by atoms with van der Waals surface area (Å²) in [5.74, 6) is 0. The van der Waals surface area contributed by atoms with E-state index in [2.05, 4.69) is 110 Å². The van der Waals surface area contributed by atoms with Crippen molar-refractivity contribution in [1.82, 2.24) is 9.13 Å². The van der Waals surface area contributed by atoms with Crippen LogP contribution >= 0.6 is 0 Å². The van der Waals surface area contributed by atoms with Gasteiger partial charge in [0, 0.05) is 51.7 Å². The smallest absolute Gasteiger partial charge is 0.0485 e. The van der Waals surface area contributed by atoms with Gasteiger partial charge in [0.05, 0.1) is 0 Å². The van der Waals surface area contributed by atoms with E-state index in [0.29, 0.717) is 0 Å². The summed E-state index contributed by atoms with van der Waals surface area (Å²) in [5, 5.41) is 2.81. The van der Waals surface area contributed by atoms with E-state index in [1.54, 1.807) is 0 Å². The van der Waals surface area contributed by atoms with Gasteiger partial charge in [0.1, 0.15) is 0 Å². The normalized spacial score (nSPS) is 15.1. The maximum atomic E-state index is 2.58. The number of rotatable bonds is 8. The fourth-order valence-electron chi connectivity index (χ4n) is 6.31. The molecule has 34 heavy (non-hydrogen) atoms. The molecule has 176 valence electrons. The van der Waals surface area contributed by atoms with Crippen LogP contribution in [0.25, 0.3) is 21.8 Å². The Hall–Kier alpha value is -3.00. The number of aryl methyl sites for hydroxylation is 2. The van der Waals surface area contributed by atoms with Gasteiger partial charge in [-0.25, -0.2) is 0 Å². The first kappa shape index (κ1) is 22.8. The highest BCUT2D eigenvalue weighted by Gasteiger charge is 2.40. The second-order valence-electron chi connectivity index (χ2n) is 9.93. The van der Waals surface area contributed by atoms with E-state index < -0.39 is 0 Å². The van der Waals surface area contributed by atoms with Crippen molar-refractivity contribution in [2.24, 2.45) is 0 Å². The van der Waals surface area contributed by atoms with E-state index in [0.717, 1.165) is 19.5 Å². The minimum atomic E-state index is -0.170. The molecule has 0 N–H and O–H groups in total. The summed E-state index contributed by atoms with van der Waals surface area (Å²) in [6.07, 6.45) is 15.2. The maximum Gasteiger partial charge on any atom is 0.0485 e. The van der Waals surface area contributed by atoms with Gasteiger partial charge in [0.15, 0.2) is 0 Å². The van der Waals surface area contributed by atoms with Gasteiger partial charge in [-0.1, -0.05) is 87.4 Å². The van der Waals surface area contributed by atoms with Crippen LogP contribution < -0.4 is 0 Å². The average Bonchev–Trinajstić information content (AvgIpc) is 3.32. The lowest BCUT2D eigenvalue weighted by atomic mass is 9.68. The predicted molar refractivity (Wildman–Crippen MR) is 147 cm³/mol. The molecule has 1 aliphatic carbocycles. The Labute approximate surface area is 204 Å². The molecule has 5 rings (SSSR count). The molecule has 0 bridgehead atoms. The molecule has 1 aliphatic rings. The molecule has 0 amide bonds. The second-order valence-corrected chi connectivity index (χ2v) is 9.93. The van der Waals surface area contributed by atoms with Crippen LogP contribution in [0.5, 0.6) is 0 Å². The molecule has 2 aromatic carbocycles. The zero-order chi connectivity index (χ0) is 23.7. The van der Waals surface area contributed by atoms with E-state index >= 15 is 0 Å². The first-order valence-corrected chi connectivity index (χ1v) is 13.1. The summed E-state index contributed by atoms with van der Waals surface area (Å²) >= 11 is 0. The third-order valence-electron chi connectivity index (χ3n) is 7.89. The van der Waals surface area contributed by atoms with Crippen molar-refractivity contribution in [1.29, 1.82) is 0 Å². The average molecular weight is 451 g/mol. The number of nitrogens with zero attached hydrogens (tertiary/aromatic N) is 2. The van der Waals surface area contributed by atoms with Crippen LogP contribution in [0.15, 0.2) is 72.8 Å². The Kier molecular flexibility index (Phi) is 6.25. The number of hydrogen-bond acceptors (Lipinski definition) is 0. The third kappa shape index (κ3) is 3.47. The molecule has 0 saturated carbocycles. The minimum Gasteiger partial charge on any atom is -0.345 e. The lowest BCUT2D eigenvalue weighted by molar-refractivity contribution is 0.598. The Morgan fingerprint density at radius 1 is 0.706 bits per heavy atom. The molecule has 0 atom stereocenters. The van der Waals surface area contributed by atoms with Gasteiger partial charge in [-0.15, -0.1) is 0 Å². The van der Waals surface area contributed by atoms with Crippen molar-refractivity contribution in [3.05, 3.63) is 95.3 Å². The highest BCUT2D eigenvalue weighted by atomic mass is 15.0. The van der Waals surface area contributed by atoms with E-state index in [9.17, 15) is 0 Å². The van der Waals surface area contributed by atoms with Gasteiger partial charge in [-0.05, 0) is 56.4 Å². The lowest BCUT2D eigenvalue weighted by Gasteiger charge is -2.34. The van der Waals surface area contributed by atoms with E-state index in [4.69, 9.17) is 0 Å². The van der Waals surface area contributed by atoms with Crippen molar-refractivity contribution in [2.45, 2.75) is 78.3 Å². The van der Waals surface area contributed by atoms with Crippen LogP contribution in [0.4, 0.5) is 0 Å².